The van der Waals surface area contributed by atoms with Gasteiger partial charge in [-0.25, -0.2) is 0 Å². The number of phenols is 1. The Morgan fingerprint density at radius 3 is 2.33 bits per heavy atom. The van der Waals surface area contributed by atoms with Crippen molar-refractivity contribution in [3.8, 4) is 11.5 Å². The summed E-state index contributed by atoms with van der Waals surface area (Å²) in [7, 11) is 0. The highest BCUT2D eigenvalue weighted by Crippen LogP contribution is 2.31. The third-order valence-electron chi connectivity index (χ3n) is 3.31. The lowest BCUT2D eigenvalue weighted by Crippen LogP contribution is -2.00. The second-order valence-electron chi connectivity index (χ2n) is 4.75. The molecule has 0 aliphatic carbocycles. The van der Waals surface area contributed by atoms with Crippen molar-refractivity contribution in [1.29, 1.82) is 0 Å². The van der Waals surface area contributed by atoms with Crippen LogP contribution in [0.25, 0.3) is 16.8 Å². The first-order valence-electron chi connectivity index (χ1n) is 6.90. The van der Waals surface area contributed by atoms with Crippen molar-refractivity contribution in [3.63, 3.8) is 0 Å². The Kier molecular flexibility index (Phi) is 3.88. The third kappa shape index (κ3) is 3.06. The van der Waals surface area contributed by atoms with Crippen LogP contribution in [0.1, 0.15) is 5.56 Å². The molecule has 0 saturated heterocycles. The maximum atomic E-state index is 8.63. The van der Waals surface area contributed by atoms with E-state index in [0.717, 1.165) is 5.75 Å². The first kappa shape index (κ1) is 13.3. The Morgan fingerprint density at radius 2 is 1.57 bits per heavy atom. The molecule has 1 aliphatic rings. The number of hydrogen-bond donors (Lipinski definition) is 1. The van der Waals surface area contributed by atoms with Crippen LogP contribution >= 0.6 is 0 Å². The molecule has 1 aliphatic heterocycles. The number of phenolic OH excluding ortho intramolecular Hbond substituents is 1. The highest BCUT2D eigenvalue weighted by molar-refractivity contribution is 5.93. The van der Waals surface area contributed by atoms with Gasteiger partial charge in [0.2, 0.25) is 0 Å². The van der Waals surface area contributed by atoms with E-state index < -0.39 is 0 Å². The lowest BCUT2D eigenvalue weighted by Gasteiger charge is -2.14. The number of fused-ring (bicyclic) bond motifs is 3. The molecule has 0 unspecified atom stereocenters. The molecule has 21 heavy (non-hydrogen) atoms. The summed E-state index contributed by atoms with van der Waals surface area (Å²) in [6.07, 6.45) is 4.19. The molecule has 1 N–H and O–H groups in total. The van der Waals surface area contributed by atoms with Gasteiger partial charge in [0.15, 0.2) is 0 Å². The molecule has 0 atom stereocenters. The number of rotatable bonds is 0. The Labute approximate surface area is 123 Å². The van der Waals surface area contributed by atoms with E-state index in [-0.39, 0.29) is 0 Å². The smallest absolute Gasteiger partial charge is 0.127 e. The predicted octanol–water partition coefficient (Wildman–Crippen LogP) is 4.64. The Hall–Kier alpha value is -2.74. The zero-order valence-electron chi connectivity index (χ0n) is 11.6. The average Bonchev–Trinajstić information content (AvgIpc) is 2.56. The maximum Gasteiger partial charge on any atom is 0.127 e. The van der Waals surface area contributed by atoms with Crippen molar-refractivity contribution >= 4 is 16.8 Å². The normalized spacial score (nSPS) is 12.0. The monoisotopic (exact) mass is 276 g/mol. The van der Waals surface area contributed by atoms with Crippen LogP contribution in [0.5, 0.6) is 11.5 Å². The fourth-order valence-corrected chi connectivity index (χ4v) is 2.31. The number of hydrogen-bond acceptors (Lipinski definition) is 2. The van der Waals surface area contributed by atoms with Crippen LogP contribution in [0.15, 0.2) is 72.8 Å². The zero-order chi connectivity index (χ0) is 14.5. The van der Waals surface area contributed by atoms with E-state index >= 15 is 0 Å². The molecule has 0 fully saturated rings. The summed E-state index contributed by atoms with van der Waals surface area (Å²) >= 11 is 0. The van der Waals surface area contributed by atoms with E-state index in [4.69, 9.17) is 9.84 Å². The molecule has 0 amide bonds. The number of benzene rings is 3. The first-order valence-corrected chi connectivity index (χ1v) is 6.90. The van der Waals surface area contributed by atoms with Crippen LogP contribution in [0.3, 0.4) is 0 Å². The fraction of sp³-hybridized carbons (Fsp3) is 0.0526. The molecule has 2 heteroatoms. The van der Waals surface area contributed by atoms with Crippen LogP contribution in [-0.4, -0.2) is 11.7 Å². The van der Waals surface area contributed by atoms with E-state index in [0.29, 0.717) is 12.4 Å². The molecule has 0 saturated carbocycles. The van der Waals surface area contributed by atoms with Crippen molar-refractivity contribution in [2.24, 2.45) is 0 Å². The van der Waals surface area contributed by atoms with Gasteiger partial charge >= 0.3 is 0 Å². The summed E-state index contributed by atoms with van der Waals surface area (Å²) in [6.45, 7) is 0.686. The summed E-state index contributed by atoms with van der Waals surface area (Å²) < 4.78 is 5.54. The van der Waals surface area contributed by atoms with Gasteiger partial charge in [-0.1, -0.05) is 54.6 Å². The number of ether oxygens (including phenoxy) is 1. The highest BCUT2D eigenvalue weighted by atomic mass is 16.5. The van der Waals surface area contributed by atoms with Gasteiger partial charge in [-0.05, 0) is 35.0 Å². The molecule has 1 heterocycles. The van der Waals surface area contributed by atoms with Crippen molar-refractivity contribution in [2.75, 3.05) is 6.61 Å². The zero-order valence-corrected chi connectivity index (χ0v) is 11.6. The van der Waals surface area contributed by atoms with Gasteiger partial charge in [0.25, 0.3) is 0 Å². The molecular weight excluding hydrogens is 260 g/mol. The van der Waals surface area contributed by atoms with Crippen LogP contribution < -0.4 is 4.74 Å². The molecule has 3 aromatic rings. The van der Waals surface area contributed by atoms with E-state index in [9.17, 15) is 0 Å². The minimum Gasteiger partial charge on any atom is -0.508 e. The summed E-state index contributed by atoms with van der Waals surface area (Å²) in [6, 6.07) is 21.2. The second kappa shape index (κ2) is 6.14. The molecular formula is C19H16O2. The van der Waals surface area contributed by atoms with Gasteiger partial charge in [0, 0.05) is 5.56 Å². The molecule has 0 radical (unpaired) electrons. The molecule has 0 spiro atoms. The minimum absolute atomic E-state index is 0.322. The summed E-state index contributed by atoms with van der Waals surface area (Å²) in [5, 5.41) is 11.2. The quantitative estimate of drug-likeness (QED) is 0.648. The van der Waals surface area contributed by atoms with Crippen LogP contribution in [0.4, 0.5) is 0 Å². The molecule has 104 valence electrons. The summed E-state index contributed by atoms with van der Waals surface area (Å²) in [5.74, 6) is 1.31. The van der Waals surface area contributed by atoms with Crippen LogP contribution in [0, 0.1) is 0 Å². The van der Waals surface area contributed by atoms with Crippen LogP contribution in [-0.2, 0) is 0 Å². The molecule has 0 bridgehead atoms. The lowest BCUT2D eigenvalue weighted by molar-refractivity contribution is 0.359. The second-order valence-corrected chi connectivity index (χ2v) is 4.75. The third-order valence-corrected chi connectivity index (χ3v) is 3.31. The Balaban J connectivity index is 0.000000160. The van der Waals surface area contributed by atoms with Gasteiger partial charge in [-0.3, -0.25) is 0 Å². The molecule has 4 rings (SSSR count). The van der Waals surface area contributed by atoms with Crippen molar-refractivity contribution < 1.29 is 9.84 Å². The van der Waals surface area contributed by atoms with Crippen LogP contribution in [0.2, 0.25) is 0 Å². The van der Waals surface area contributed by atoms with Gasteiger partial charge in [0.05, 0.1) is 0 Å². The lowest BCUT2D eigenvalue weighted by atomic mass is 10.0. The standard InChI is InChI=1S/C13H10O.C6H6O/c1-2-5-11-10(4-1)7-8-13-12(11)6-3-9-14-13;7-6-4-2-1-3-5-6/h1-8H,9H2;1-5,7H. The van der Waals surface area contributed by atoms with Gasteiger partial charge in [-0.15, -0.1) is 0 Å². The minimum atomic E-state index is 0.322. The van der Waals surface area contributed by atoms with Gasteiger partial charge in [-0.2, -0.15) is 0 Å². The average molecular weight is 276 g/mol. The first-order chi connectivity index (χ1) is 10.3. The van der Waals surface area contributed by atoms with Gasteiger partial charge < -0.3 is 9.84 Å². The SMILES string of the molecule is C1=Cc2c(ccc3ccccc23)OC1.Oc1ccccc1. The Bertz CT molecular complexity index is 761. The maximum absolute atomic E-state index is 8.63. The van der Waals surface area contributed by atoms with E-state index in [1.807, 2.05) is 12.1 Å². The fourth-order valence-electron chi connectivity index (χ4n) is 2.31. The van der Waals surface area contributed by atoms with Crippen molar-refractivity contribution in [3.05, 3.63) is 78.4 Å². The molecule has 2 nitrogen and oxygen atoms in total. The largest absolute Gasteiger partial charge is 0.508 e. The van der Waals surface area contributed by atoms with E-state index in [1.54, 1.807) is 24.3 Å². The summed E-state index contributed by atoms with van der Waals surface area (Å²) in [5.41, 5.74) is 1.20. The highest BCUT2D eigenvalue weighted by Gasteiger charge is 2.08. The number of para-hydroxylation sites is 1. The molecule has 3 aromatic carbocycles. The predicted molar refractivity (Wildman–Crippen MR) is 86.6 cm³/mol. The van der Waals surface area contributed by atoms with Crippen molar-refractivity contribution in [2.45, 2.75) is 0 Å². The van der Waals surface area contributed by atoms with Crippen molar-refractivity contribution in [1.82, 2.24) is 0 Å². The summed E-state index contributed by atoms with van der Waals surface area (Å²) in [4.78, 5) is 0. The van der Waals surface area contributed by atoms with E-state index in [1.165, 1.54) is 16.3 Å². The number of aromatic hydroxyl groups is 1. The van der Waals surface area contributed by atoms with Gasteiger partial charge in [0.1, 0.15) is 18.1 Å². The molecule has 0 aromatic heterocycles. The Morgan fingerprint density at radius 1 is 0.810 bits per heavy atom. The van der Waals surface area contributed by atoms with E-state index in [2.05, 4.69) is 42.5 Å². The topological polar surface area (TPSA) is 29.5 Å².